The van der Waals surface area contributed by atoms with Gasteiger partial charge in [0.05, 0.1) is 63.0 Å². The molecule has 0 saturated carbocycles. The molecule has 8 heterocycles. The molecule has 34 heteroatoms. The number of fused-ring (bicyclic) bond motifs is 4. The van der Waals surface area contributed by atoms with Crippen molar-refractivity contribution in [3.05, 3.63) is 188 Å². The molecule has 0 bridgehead atoms. The van der Waals surface area contributed by atoms with Crippen molar-refractivity contribution in [1.82, 2.24) is 101 Å². The van der Waals surface area contributed by atoms with Gasteiger partial charge in [0, 0.05) is 141 Å². The van der Waals surface area contributed by atoms with Gasteiger partial charge in [0.25, 0.3) is 0 Å². The van der Waals surface area contributed by atoms with Gasteiger partial charge >= 0.3 is 24.4 Å². The first kappa shape index (κ1) is 106. The van der Waals surface area contributed by atoms with Crippen LogP contribution in [-0.4, -0.2) is 211 Å². The van der Waals surface area contributed by atoms with Crippen LogP contribution in [0.5, 0.6) is 0 Å². The molecule has 0 aromatic carbocycles. The van der Waals surface area contributed by atoms with E-state index in [1.54, 1.807) is 36.0 Å². The number of aryl methyl sites for hydroxylation is 8. The summed E-state index contributed by atoms with van der Waals surface area (Å²) in [5, 5.41) is 16.9. The number of alkyl carbamates (subject to hydrolysis) is 4. The molecule has 4 aliphatic rings. The lowest BCUT2D eigenvalue weighted by Gasteiger charge is -2.32. The molecule has 5 unspecified atom stereocenters. The lowest BCUT2D eigenvalue weighted by Crippen LogP contribution is -2.33. The lowest BCUT2D eigenvalue weighted by molar-refractivity contribution is 0.0515. The van der Waals surface area contributed by atoms with Crippen LogP contribution >= 0.6 is 35.3 Å². The first-order valence-corrected chi connectivity index (χ1v) is 50.4. The number of pyridine rings is 4. The van der Waals surface area contributed by atoms with Crippen molar-refractivity contribution < 1.29 is 47.1 Å². The highest BCUT2D eigenvalue weighted by atomic mass is 32.2. The van der Waals surface area contributed by atoms with Gasteiger partial charge in [0.15, 0.2) is 21.8 Å². The molecule has 5 atom stereocenters. The van der Waals surface area contributed by atoms with Gasteiger partial charge in [-0.1, -0.05) is 59.6 Å². The number of hydrogen-bond acceptors (Lipinski definition) is 29. The number of hydrogen-bond donors (Lipinski definition) is 5. The fourth-order valence-electron chi connectivity index (χ4n) is 15.6. The molecule has 4 amide bonds. The Labute approximate surface area is 785 Å². The van der Waals surface area contributed by atoms with Crippen molar-refractivity contribution in [2.45, 2.75) is 298 Å². The SMILES string of the molecule is CN(Cc1cnc(S(C)=O)nc1CCCNC(=O)OC(C)(C)C)C1CCCc2cccnc21.CNC1CCCc2cccnc21.CSc1ncc(C=O)c(CCCNC(=O)OC(C)(C)C)n1.CSc1ncc(CN(C)C2CCCc3cccnc32)c(CCCNC(=O)OC(C)(C)C)n1.CSc1ncc(CN(C)C2CCCc3cccnc32)c(CCCNC(=O)OC(C)(C)C)n1. The van der Waals surface area contributed by atoms with E-state index in [9.17, 15) is 28.2 Å². The van der Waals surface area contributed by atoms with Crippen LogP contribution in [0.4, 0.5) is 19.2 Å². The van der Waals surface area contributed by atoms with Gasteiger partial charge in [0.2, 0.25) is 5.16 Å². The van der Waals surface area contributed by atoms with Gasteiger partial charge in [-0.15, -0.1) is 0 Å². The van der Waals surface area contributed by atoms with Gasteiger partial charge in [-0.3, -0.25) is 43.6 Å². The third-order valence-electron chi connectivity index (χ3n) is 21.5. The monoisotopic (exact) mass is 1860 g/mol. The lowest BCUT2D eigenvalue weighted by atomic mass is 9.91. The van der Waals surface area contributed by atoms with E-state index in [4.69, 9.17) is 28.9 Å². The van der Waals surface area contributed by atoms with E-state index in [-0.39, 0.29) is 18.2 Å². The molecule has 0 fully saturated rings. The zero-order valence-corrected chi connectivity index (χ0v) is 83.4. The molecule has 0 radical (unpaired) electrons. The number of carbonyl (C=O) groups is 5. The summed E-state index contributed by atoms with van der Waals surface area (Å²) < 4.78 is 33.0. The van der Waals surface area contributed by atoms with Crippen molar-refractivity contribution in [1.29, 1.82) is 0 Å². The number of ether oxygens (including phenoxy) is 4. The summed E-state index contributed by atoms with van der Waals surface area (Å²) in [6.45, 7) is 26.4. The Bertz CT molecular complexity index is 4800. The highest BCUT2D eigenvalue weighted by molar-refractivity contribution is 7.98. The highest BCUT2D eigenvalue weighted by Gasteiger charge is 2.31. The molecule has 4 aliphatic carbocycles. The van der Waals surface area contributed by atoms with E-state index < -0.39 is 45.4 Å². The second-order valence-electron chi connectivity index (χ2n) is 36.6. The Balaban J connectivity index is 0.000000207. The van der Waals surface area contributed by atoms with Gasteiger partial charge in [-0.05, 0) is 305 Å². The Hall–Kier alpha value is -9.29. The average molecular weight is 1860 g/mol. The minimum atomic E-state index is -1.26. The Morgan fingerprint density at radius 2 is 0.715 bits per heavy atom. The zero-order valence-electron chi connectivity index (χ0n) is 80.1. The summed E-state index contributed by atoms with van der Waals surface area (Å²) in [4.78, 5) is 119. The molecule has 12 rings (SSSR count). The highest BCUT2D eigenvalue weighted by Crippen LogP contribution is 2.37. The maximum Gasteiger partial charge on any atom is 0.407 e. The number of aromatic nitrogens is 12. The van der Waals surface area contributed by atoms with Crippen LogP contribution in [-0.2, 0) is 101 Å². The topological polar surface area (TPSA) is 364 Å². The fraction of sp³-hybridized carbons (Fsp3) is 0.573. The molecule has 5 N–H and O–H groups in total. The third-order valence-corrected chi connectivity index (χ3v) is 23.9. The largest absolute Gasteiger partial charge is 0.444 e. The Morgan fingerprint density at radius 3 is 1.03 bits per heavy atom. The maximum atomic E-state index is 12.0. The molecule has 8 aromatic heterocycles. The smallest absolute Gasteiger partial charge is 0.407 e. The van der Waals surface area contributed by atoms with Gasteiger partial charge in [-0.25, -0.2) is 59.0 Å². The average Bonchev–Trinajstić information content (AvgIpc) is 0.811. The predicted molar refractivity (Wildman–Crippen MR) is 515 cm³/mol. The molecule has 0 spiro atoms. The minimum absolute atomic E-state index is 0.247. The molecule has 30 nitrogen and oxygen atoms in total. The third kappa shape index (κ3) is 36.4. The number of amides is 4. The van der Waals surface area contributed by atoms with E-state index in [1.165, 1.54) is 89.4 Å². The first-order chi connectivity index (χ1) is 61.9. The number of nitrogens with one attached hydrogen (secondary N) is 5. The summed E-state index contributed by atoms with van der Waals surface area (Å²) in [6.07, 6.45) is 40.8. The number of carbonyl (C=O) groups excluding carboxylic acids is 5. The Morgan fingerprint density at radius 1 is 0.423 bits per heavy atom. The summed E-state index contributed by atoms with van der Waals surface area (Å²) in [7, 11) is 7.17. The zero-order chi connectivity index (χ0) is 94.6. The van der Waals surface area contributed by atoms with E-state index >= 15 is 0 Å². The van der Waals surface area contributed by atoms with E-state index in [2.05, 4.69) is 137 Å². The van der Waals surface area contributed by atoms with Crippen molar-refractivity contribution in [2.75, 3.05) is 79.4 Å². The van der Waals surface area contributed by atoms with Crippen LogP contribution < -0.4 is 26.6 Å². The summed E-state index contributed by atoms with van der Waals surface area (Å²) in [5.74, 6) is 0. The second-order valence-corrected chi connectivity index (χ2v) is 40.2. The van der Waals surface area contributed by atoms with Crippen molar-refractivity contribution in [3.63, 3.8) is 0 Å². The molecular weight excluding hydrogens is 1720 g/mol. The normalized spacial score (nSPS) is 16.0. The summed E-state index contributed by atoms with van der Waals surface area (Å²) >= 11 is 4.51. The van der Waals surface area contributed by atoms with Crippen molar-refractivity contribution in [2.24, 2.45) is 0 Å². The number of thioether (sulfide) groups is 3. The maximum absolute atomic E-state index is 12.0. The van der Waals surface area contributed by atoms with E-state index in [0.29, 0.717) is 98.1 Å². The molecule has 0 saturated heterocycles. The molecule has 708 valence electrons. The van der Waals surface area contributed by atoms with Crippen LogP contribution in [0.2, 0.25) is 0 Å². The van der Waals surface area contributed by atoms with E-state index in [1.807, 2.05) is 170 Å². The van der Waals surface area contributed by atoms with Crippen LogP contribution in [0.3, 0.4) is 0 Å². The molecule has 8 aromatic rings. The summed E-state index contributed by atoms with van der Waals surface area (Å²) in [6, 6.07) is 18.2. The van der Waals surface area contributed by atoms with Crippen LogP contribution in [0, 0.1) is 0 Å². The molecule has 0 aliphatic heterocycles. The van der Waals surface area contributed by atoms with E-state index in [0.717, 1.165) is 140 Å². The standard InChI is InChI=1S/C24H35N5O3S.2C24H35N5O2S.C14H21N3O3S.C10H14N2/c1-24(2,3)32-23(30)26-14-8-11-19-18(15-27-22(28-19)33(5)31)16-29(4)20-12-6-9-17-10-7-13-25-21(17)20;2*1-24(2,3)31-23(30)26-14-8-11-19-18(15-27-22(28-19)32-5)16-29(4)20-12-6-9-17-10-7-13-25-21(17)20;1-14(2,3)20-13(19)15-7-5-6-11-10(9-18)8-16-12(17-11)21-4;1-11-9-6-2-4-8-5-3-7-12-10(8)9/h7,10,13,15,20H,6,8-9,11-12,14,16H2,1-5H3,(H,26,30);2*7,10,13,15,20H,6,8-9,11-12,14,16H2,1-5H3,(H,26,30);8-9H,5-7H2,1-4H3,(H,15,19);3,5,7,9,11H,2,4,6H2,1H3. The number of rotatable bonds is 31. The number of aldehydes is 1. The summed E-state index contributed by atoms with van der Waals surface area (Å²) in [5.41, 5.74) is 15.7. The van der Waals surface area contributed by atoms with Gasteiger partial charge < -0.3 is 45.5 Å². The van der Waals surface area contributed by atoms with Crippen molar-refractivity contribution >= 4 is 76.7 Å². The van der Waals surface area contributed by atoms with Gasteiger partial charge in [-0.2, -0.15) is 0 Å². The first-order valence-electron chi connectivity index (χ1n) is 45.2. The van der Waals surface area contributed by atoms with Crippen molar-refractivity contribution in [3.8, 4) is 0 Å². The predicted octanol–water partition coefficient (Wildman–Crippen LogP) is 16.8. The molecule has 130 heavy (non-hydrogen) atoms. The van der Waals surface area contributed by atoms with Crippen LogP contribution in [0.1, 0.15) is 279 Å². The van der Waals surface area contributed by atoms with Crippen LogP contribution in [0.25, 0.3) is 0 Å². The minimum Gasteiger partial charge on any atom is -0.444 e. The second kappa shape index (κ2) is 52.8. The quantitative estimate of drug-likeness (QED) is 0.00885. The fourth-order valence-corrected chi connectivity index (χ4v) is 17.1. The van der Waals surface area contributed by atoms with Crippen LogP contribution in [0.15, 0.2) is 119 Å². The molecular formula is C96H140N20O10S4. The Kier molecular flexibility index (Phi) is 43.1. The van der Waals surface area contributed by atoms with Gasteiger partial charge in [0.1, 0.15) is 22.4 Å². The number of nitrogens with zero attached hydrogens (tertiary/aromatic N) is 15.